The summed E-state index contributed by atoms with van der Waals surface area (Å²) in [6.07, 6.45) is 0. The number of nitrogens with two attached hydrogens (primary N) is 1. The lowest BCUT2D eigenvalue weighted by atomic mass is 10.1. The molecule has 0 aliphatic heterocycles. The molecule has 2 N–H and O–H groups in total. The number of para-hydroxylation sites is 1. The largest absolute Gasteiger partial charge is 0.481 e. The Bertz CT molecular complexity index is 602. The highest BCUT2D eigenvalue weighted by molar-refractivity contribution is 6.22. The third-order valence-corrected chi connectivity index (χ3v) is 3.13. The summed E-state index contributed by atoms with van der Waals surface area (Å²) in [6, 6.07) is 5.91. The van der Waals surface area contributed by atoms with E-state index in [-0.39, 0.29) is 11.5 Å². The number of halogens is 2. The van der Waals surface area contributed by atoms with Gasteiger partial charge in [0, 0.05) is 5.56 Å². The minimum absolute atomic E-state index is 0.0297. The predicted molar refractivity (Wildman–Crippen MR) is 73.6 cm³/mol. The van der Waals surface area contributed by atoms with E-state index in [1.807, 2.05) is 0 Å². The molecule has 0 saturated heterocycles. The molecule has 0 bridgehead atoms. The molecule has 2 rings (SSSR count). The summed E-state index contributed by atoms with van der Waals surface area (Å²) in [7, 11) is 2.93. The molecule has 1 unspecified atom stereocenters. The van der Waals surface area contributed by atoms with Gasteiger partial charge in [-0.3, -0.25) is 0 Å². The zero-order valence-corrected chi connectivity index (χ0v) is 11.7. The minimum Gasteiger partial charge on any atom is -0.481 e. The molecule has 0 aliphatic rings. The number of aromatic nitrogens is 2. The van der Waals surface area contributed by atoms with Crippen molar-refractivity contribution < 1.29 is 13.9 Å². The van der Waals surface area contributed by atoms with Gasteiger partial charge >= 0.3 is 0 Å². The van der Waals surface area contributed by atoms with Crippen LogP contribution >= 0.6 is 11.6 Å². The molecule has 2 aromatic rings. The third kappa shape index (κ3) is 2.75. The van der Waals surface area contributed by atoms with Crippen LogP contribution in [0.5, 0.6) is 11.8 Å². The second kappa shape index (κ2) is 5.92. The molecule has 0 fully saturated rings. The molecule has 1 aromatic carbocycles. The number of methoxy groups -OCH3 is 2. The van der Waals surface area contributed by atoms with Crippen LogP contribution in [0.25, 0.3) is 0 Å². The second-order valence-corrected chi connectivity index (χ2v) is 4.35. The van der Waals surface area contributed by atoms with Gasteiger partial charge in [0.2, 0.25) is 11.8 Å². The molecular weight excluding hydrogens is 285 g/mol. The van der Waals surface area contributed by atoms with E-state index >= 15 is 0 Å². The summed E-state index contributed by atoms with van der Waals surface area (Å²) in [5, 5.41) is -0.810. The van der Waals surface area contributed by atoms with E-state index in [0.29, 0.717) is 17.3 Å². The fourth-order valence-corrected chi connectivity index (χ4v) is 1.95. The number of rotatable bonds is 4. The van der Waals surface area contributed by atoms with E-state index in [4.69, 9.17) is 26.8 Å². The van der Waals surface area contributed by atoms with Crippen LogP contribution in [-0.4, -0.2) is 24.2 Å². The maximum absolute atomic E-state index is 13.5. The first kappa shape index (κ1) is 14.3. The highest BCUT2D eigenvalue weighted by Gasteiger charge is 2.20. The molecule has 1 aromatic heterocycles. The zero-order chi connectivity index (χ0) is 14.7. The Morgan fingerprint density at radius 2 is 1.80 bits per heavy atom. The van der Waals surface area contributed by atoms with Crippen LogP contribution < -0.4 is 15.2 Å². The third-order valence-electron chi connectivity index (χ3n) is 2.70. The zero-order valence-electron chi connectivity index (χ0n) is 10.9. The first-order chi connectivity index (χ1) is 9.56. The summed E-state index contributed by atoms with van der Waals surface area (Å²) in [5.74, 6) is 0.281. The van der Waals surface area contributed by atoms with Crippen LogP contribution in [0.2, 0.25) is 0 Å². The summed E-state index contributed by atoms with van der Waals surface area (Å²) in [5.41, 5.74) is 6.05. The van der Waals surface area contributed by atoms with Gasteiger partial charge in [0.05, 0.1) is 26.0 Å². The summed E-state index contributed by atoms with van der Waals surface area (Å²) < 4.78 is 23.6. The number of hydrogen-bond acceptors (Lipinski definition) is 5. The van der Waals surface area contributed by atoms with Crippen molar-refractivity contribution >= 4 is 17.3 Å². The molecule has 0 radical (unpaired) electrons. The van der Waals surface area contributed by atoms with Gasteiger partial charge < -0.3 is 15.2 Å². The lowest BCUT2D eigenvalue weighted by Gasteiger charge is -2.13. The summed E-state index contributed by atoms with van der Waals surface area (Å²) in [4.78, 5) is 8.25. The summed E-state index contributed by atoms with van der Waals surface area (Å²) in [6.45, 7) is 0. The number of benzene rings is 1. The molecule has 20 heavy (non-hydrogen) atoms. The Balaban J connectivity index is 2.47. The van der Waals surface area contributed by atoms with Gasteiger partial charge in [0.25, 0.3) is 0 Å². The number of alkyl halides is 1. The van der Waals surface area contributed by atoms with Crippen LogP contribution in [0, 0.1) is 5.82 Å². The van der Waals surface area contributed by atoms with E-state index in [1.165, 1.54) is 32.4 Å². The van der Waals surface area contributed by atoms with Gasteiger partial charge in [0.1, 0.15) is 11.2 Å². The number of nitrogens with zero attached hydrogens (tertiary/aromatic N) is 2. The fourth-order valence-electron chi connectivity index (χ4n) is 1.66. The highest BCUT2D eigenvalue weighted by atomic mass is 35.5. The van der Waals surface area contributed by atoms with Crippen molar-refractivity contribution in [2.45, 2.75) is 5.38 Å². The fraction of sp³-hybridized carbons (Fsp3) is 0.231. The standard InChI is InChI=1S/C13H13ClFN3O2/c1-19-9-6-10(20-2)18-13(17-9)11(14)7-4-3-5-8(15)12(7)16/h3-6,11H,16H2,1-2H3. The number of ether oxygens (including phenoxy) is 2. The van der Waals surface area contributed by atoms with E-state index < -0.39 is 11.2 Å². The van der Waals surface area contributed by atoms with Crippen molar-refractivity contribution in [2.24, 2.45) is 0 Å². The van der Waals surface area contributed by atoms with Crippen molar-refractivity contribution in [1.82, 2.24) is 9.97 Å². The monoisotopic (exact) mass is 297 g/mol. The van der Waals surface area contributed by atoms with Crippen molar-refractivity contribution in [3.63, 3.8) is 0 Å². The molecular formula is C13H13ClFN3O2. The maximum Gasteiger partial charge on any atom is 0.220 e. The van der Waals surface area contributed by atoms with Gasteiger partial charge in [0.15, 0.2) is 5.82 Å². The Morgan fingerprint density at radius 1 is 1.20 bits per heavy atom. The lowest BCUT2D eigenvalue weighted by Crippen LogP contribution is -2.07. The van der Waals surface area contributed by atoms with E-state index in [2.05, 4.69) is 9.97 Å². The van der Waals surface area contributed by atoms with Crippen LogP contribution in [0.15, 0.2) is 24.3 Å². The van der Waals surface area contributed by atoms with E-state index in [1.54, 1.807) is 6.07 Å². The van der Waals surface area contributed by atoms with E-state index in [9.17, 15) is 4.39 Å². The molecule has 5 nitrogen and oxygen atoms in total. The van der Waals surface area contributed by atoms with Crippen LogP contribution in [0.4, 0.5) is 10.1 Å². The van der Waals surface area contributed by atoms with Crippen molar-refractivity contribution in [1.29, 1.82) is 0 Å². The second-order valence-electron chi connectivity index (χ2n) is 3.92. The van der Waals surface area contributed by atoms with Crippen LogP contribution in [0.1, 0.15) is 16.8 Å². The first-order valence-corrected chi connectivity index (χ1v) is 6.15. The molecule has 7 heteroatoms. The molecule has 0 saturated carbocycles. The Labute approximate surface area is 120 Å². The smallest absolute Gasteiger partial charge is 0.220 e. The molecule has 1 heterocycles. The Morgan fingerprint density at radius 3 is 2.35 bits per heavy atom. The van der Waals surface area contributed by atoms with Crippen molar-refractivity contribution in [3.8, 4) is 11.8 Å². The van der Waals surface area contributed by atoms with Crippen molar-refractivity contribution in [2.75, 3.05) is 20.0 Å². The van der Waals surface area contributed by atoms with E-state index in [0.717, 1.165) is 0 Å². The number of nitrogen functional groups attached to an aromatic ring is 1. The average molecular weight is 298 g/mol. The SMILES string of the molecule is COc1cc(OC)nc(C(Cl)c2cccc(F)c2N)n1. The first-order valence-electron chi connectivity index (χ1n) is 5.71. The number of hydrogen-bond donors (Lipinski definition) is 1. The van der Waals surface area contributed by atoms with Crippen LogP contribution in [-0.2, 0) is 0 Å². The Kier molecular flexibility index (Phi) is 4.24. The van der Waals surface area contributed by atoms with Gasteiger partial charge in [-0.05, 0) is 6.07 Å². The highest BCUT2D eigenvalue weighted by Crippen LogP contribution is 2.33. The lowest BCUT2D eigenvalue weighted by molar-refractivity contribution is 0.368. The molecule has 1 atom stereocenters. The van der Waals surface area contributed by atoms with Crippen molar-refractivity contribution in [3.05, 3.63) is 41.5 Å². The summed E-state index contributed by atoms with van der Waals surface area (Å²) >= 11 is 6.28. The maximum atomic E-state index is 13.5. The molecule has 0 spiro atoms. The normalized spacial score (nSPS) is 12.0. The van der Waals surface area contributed by atoms with Gasteiger partial charge in [-0.25, -0.2) is 4.39 Å². The van der Waals surface area contributed by atoms with Gasteiger partial charge in [-0.15, -0.1) is 11.6 Å². The molecule has 106 valence electrons. The van der Waals surface area contributed by atoms with Gasteiger partial charge in [-0.2, -0.15) is 9.97 Å². The topological polar surface area (TPSA) is 70.3 Å². The quantitative estimate of drug-likeness (QED) is 0.693. The van der Waals surface area contributed by atoms with Gasteiger partial charge in [-0.1, -0.05) is 12.1 Å². The Hall–Kier alpha value is -2.08. The average Bonchev–Trinajstić information content (AvgIpc) is 2.48. The number of anilines is 1. The van der Waals surface area contributed by atoms with Crippen LogP contribution in [0.3, 0.4) is 0 Å². The molecule has 0 aliphatic carbocycles. The predicted octanol–water partition coefficient (Wildman–Crippen LogP) is 2.54. The minimum atomic E-state index is -0.810. The molecule has 0 amide bonds.